The smallest absolute Gasteiger partial charge is 0.253 e. The lowest BCUT2D eigenvalue weighted by atomic mass is 9.95. The first-order valence-corrected chi connectivity index (χ1v) is 11.4. The number of carbonyl (C=O) groups is 3. The van der Waals surface area contributed by atoms with E-state index in [1.54, 1.807) is 4.90 Å². The summed E-state index contributed by atoms with van der Waals surface area (Å²) in [7, 11) is 0. The number of benzene rings is 2. The van der Waals surface area contributed by atoms with Crippen LogP contribution >= 0.6 is 0 Å². The molecule has 1 N–H and O–H groups in total. The maximum Gasteiger partial charge on any atom is 0.253 e. The average Bonchev–Trinajstić information content (AvgIpc) is 2.85. The maximum absolute atomic E-state index is 13.2. The summed E-state index contributed by atoms with van der Waals surface area (Å²) in [4.78, 5) is 43.8. The lowest BCUT2D eigenvalue weighted by molar-refractivity contribution is -0.138. The van der Waals surface area contributed by atoms with Gasteiger partial charge >= 0.3 is 0 Å². The van der Waals surface area contributed by atoms with E-state index in [0.29, 0.717) is 51.4 Å². The van der Waals surface area contributed by atoms with Gasteiger partial charge in [-0.25, -0.2) is 4.39 Å². The second-order valence-electron chi connectivity index (χ2n) is 8.61. The molecule has 2 aliphatic heterocycles. The molecule has 1 unspecified atom stereocenters. The Labute approximate surface area is 193 Å². The number of piperidine rings is 1. The summed E-state index contributed by atoms with van der Waals surface area (Å²) in [5.74, 6) is -0.768. The molecule has 174 valence electrons. The molecule has 8 heteroatoms. The van der Waals surface area contributed by atoms with E-state index in [1.807, 2.05) is 40.1 Å². The van der Waals surface area contributed by atoms with Crippen LogP contribution in [0.5, 0.6) is 0 Å². The summed E-state index contributed by atoms with van der Waals surface area (Å²) >= 11 is 0. The summed E-state index contributed by atoms with van der Waals surface area (Å²) in [5, 5.41) is 2.89. The number of hydrogen-bond donors (Lipinski definition) is 1. The minimum absolute atomic E-state index is 0.0665. The largest absolute Gasteiger partial charge is 0.340 e. The fraction of sp³-hybridized carbons (Fsp3) is 0.400. The summed E-state index contributed by atoms with van der Waals surface area (Å²) in [6.45, 7) is 3.69. The van der Waals surface area contributed by atoms with Crippen LogP contribution in [0.15, 0.2) is 54.6 Å². The van der Waals surface area contributed by atoms with Crippen LogP contribution in [-0.2, 0) is 9.59 Å². The zero-order valence-corrected chi connectivity index (χ0v) is 18.6. The number of amides is 3. The Bertz CT molecular complexity index is 975. The Balaban J connectivity index is 1.25. The average molecular weight is 453 g/mol. The van der Waals surface area contributed by atoms with E-state index in [1.165, 1.54) is 24.3 Å². The number of carbonyl (C=O) groups excluding carboxylic acids is 3. The van der Waals surface area contributed by atoms with Gasteiger partial charge in [0.25, 0.3) is 5.91 Å². The topological polar surface area (TPSA) is 73.0 Å². The normalized spacial score (nSPS) is 19.2. The highest BCUT2D eigenvalue weighted by Gasteiger charge is 2.33. The molecule has 0 bridgehead atoms. The molecule has 2 aliphatic rings. The van der Waals surface area contributed by atoms with Gasteiger partial charge in [-0.2, -0.15) is 0 Å². The van der Waals surface area contributed by atoms with Crippen molar-refractivity contribution in [2.45, 2.75) is 12.8 Å². The van der Waals surface area contributed by atoms with Gasteiger partial charge in [-0.1, -0.05) is 18.2 Å². The molecule has 33 heavy (non-hydrogen) atoms. The fourth-order valence-corrected chi connectivity index (χ4v) is 4.45. The molecule has 0 aromatic heterocycles. The summed E-state index contributed by atoms with van der Waals surface area (Å²) in [5.41, 5.74) is 1.21. The molecule has 0 aliphatic carbocycles. The van der Waals surface area contributed by atoms with Gasteiger partial charge < -0.3 is 15.1 Å². The molecule has 1 atom stereocenters. The molecule has 2 heterocycles. The van der Waals surface area contributed by atoms with Crippen molar-refractivity contribution < 1.29 is 18.8 Å². The Morgan fingerprint density at radius 1 is 0.879 bits per heavy atom. The van der Waals surface area contributed by atoms with Crippen molar-refractivity contribution in [3.8, 4) is 0 Å². The number of para-hydroxylation sites is 1. The number of anilines is 1. The highest BCUT2D eigenvalue weighted by Crippen LogP contribution is 2.22. The van der Waals surface area contributed by atoms with Gasteiger partial charge in [-0.3, -0.25) is 19.3 Å². The number of nitrogens with one attached hydrogen (secondary N) is 1. The monoisotopic (exact) mass is 452 g/mol. The van der Waals surface area contributed by atoms with E-state index in [2.05, 4.69) is 5.32 Å². The lowest BCUT2D eigenvalue weighted by Gasteiger charge is -2.38. The summed E-state index contributed by atoms with van der Waals surface area (Å²) < 4.78 is 13.2. The molecule has 2 fully saturated rings. The third-order valence-corrected chi connectivity index (χ3v) is 6.26. The number of halogens is 1. The first kappa shape index (κ1) is 22.9. The van der Waals surface area contributed by atoms with Crippen LogP contribution in [-0.4, -0.2) is 78.2 Å². The fourth-order valence-electron chi connectivity index (χ4n) is 4.45. The van der Waals surface area contributed by atoms with Crippen LogP contribution in [0.25, 0.3) is 0 Å². The van der Waals surface area contributed by atoms with Crippen LogP contribution < -0.4 is 5.32 Å². The Morgan fingerprint density at radius 3 is 2.27 bits per heavy atom. The maximum atomic E-state index is 13.2. The first-order chi connectivity index (χ1) is 16.0. The minimum atomic E-state index is -0.380. The zero-order chi connectivity index (χ0) is 23.2. The molecule has 0 spiro atoms. The number of likely N-dealkylation sites (tertiary alicyclic amines) is 1. The summed E-state index contributed by atoms with van der Waals surface area (Å²) in [6.07, 6.45) is 1.52. The Hall–Kier alpha value is -3.26. The van der Waals surface area contributed by atoms with Gasteiger partial charge in [0.1, 0.15) is 5.82 Å². The van der Waals surface area contributed by atoms with Gasteiger partial charge in [0.05, 0.1) is 12.5 Å². The minimum Gasteiger partial charge on any atom is -0.340 e. The van der Waals surface area contributed by atoms with Crippen LogP contribution in [0.2, 0.25) is 0 Å². The molecule has 3 amide bonds. The number of piperazine rings is 1. The van der Waals surface area contributed by atoms with Gasteiger partial charge in [0, 0.05) is 50.5 Å². The highest BCUT2D eigenvalue weighted by atomic mass is 19.1. The van der Waals surface area contributed by atoms with Crippen molar-refractivity contribution in [3.05, 3.63) is 66.0 Å². The van der Waals surface area contributed by atoms with Gasteiger partial charge in [-0.05, 0) is 49.2 Å². The van der Waals surface area contributed by atoms with Crippen molar-refractivity contribution in [2.24, 2.45) is 5.92 Å². The summed E-state index contributed by atoms with van der Waals surface area (Å²) in [6, 6.07) is 14.9. The predicted octanol–water partition coefficient (Wildman–Crippen LogP) is 2.46. The SMILES string of the molecule is O=C(CN1CCN(C(=O)C2CCCN(C(=O)c3ccc(F)cc3)C2)CC1)Nc1ccccc1. The number of rotatable bonds is 5. The molecule has 2 saturated heterocycles. The van der Waals surface area contributed by atoms with Crippen molar-refractivity contribution in [2.75, 3.05) is 51.1 Å². The third-order valence-electron chi connectivity index (χ3n) is 6.26. The van der Waals surface area contributed by atoms with E-state index in [0.717, 1.165) is 18.5 Å². The zero-order valence-electron chi connectivity index (χ0n) is 18.6. The Kier molecular flexibility index (Phi) is 7.34. The highest BCUT2D eigenvalue weighted by molar-refractivity contribution is 5.94. The van der Waals surface area contributed by atoms with Crippen LogP contribution in [0.1, 0.15) is 23.2 Å². The predicted molar refractivity (Wildman–Crippen MR) is 123 cm³/mol. The number of hydrogen-bond acceptors (Lipinski definition) is 4. The van der Waals surface area contributed by atoms with Crippen LogP contribution in [0, 0.1) is 11.7 Å². The second-order valence-corrected chi connectivity index (χ2v) is 8.61. The first-order valence-electron chi connectivity index (χ1n) is 11.4. The quantitative estimate of drug-likeness (QED) is 0.757. The van der Waals surface area contributed by atoms with Crippen molar-refractivity contribution in [1.29, 1.82) is 0 Å². The molecular weight excluding hydrogens is 423 g/mol. The van der Waals surface area contributed by atoms with Crippen molar-refractivity contribution in [1.82, 2.24) is 14.7 Å². The molecular formula is C25H29FN4O3. The van der Waals surface area contributed by atoms with Crippen molar-refractivity contribution >= 4 is 23.4 Å². The Morgan fingerprint density at radius 2 is 1.58 bits per heavy atom. The number of nitrogens with zero attached hydrogens (tertiary/aromatic N) is 3. The molecule has 7 nitrogen and oxygen atoms in total. The van der Waals surface area contributed by atoms with E-state index < -0.39 is 0 Å². The standard InChI is InChI=1S/C25H29FN4O3/c26-21-10-8-19(9-11-21)24(32)30-12-4-5-20(17-30)25(33)29-15-13-28(14-16-29)18-23(31)27-22-6-2-1-3-7-22/h1-3,6-11,20H,4-5,12-18H2,(H,27,31). The van der Waals surface area contributed by atoms with E-state index in [9.17, 15) is 18.8 Å². The molecule has 2 aromatic carbocycles. The van der Waals surface area contributed by atoms with Gasteiger partial charge in [0.15, 0.2) is 0 Å². The van der Waals surface area contributed by atoms with Gasteiger partial charge in [0.2, 0.25) is 11.8 Å². The lowest BCUT2D eigenvalue weighted by Crippen LogP contribution is -2.54. The van der Waals surface area contributed by atoms with E-state index in [4.69, 9.17) is 0 Å². The molecule has 2 aromatic rings. The third kappa shape index (κ3) is 5.96. The second kappa shape index (κ2) is 10.6. The van der Waals surface area contributed by atoms with Crippen molar-refractivity contribution in [3.63, 3.8) is 0 Å². The molecule has 4 rings (SSSR count). The molecule has 0 radical (unpaired) electrons. The van der Waals surface area contributed by atoms with Crippen LogP contribution in [0.3, 0.4) is 0 Å². The van der Waals surface area contributed by atoms with E-state index >= 15 is 0 Å². The van der Waals surface area contributed by atoms with Gasteiger partial charge in [-0.15, -0.1) is 0 Å². The molecule has 0 saturated carbocycles. The van der Waals surface area contributed by atoms with E-state index in [-0.39, 0.29) is 29.5 Å². The van der Waals surface area contributed by atoms with Crippen LogP contribution in [0.4, 0.5) is 10.1 Å².